The average molecular weight is 501 g/mol. The summed E-state index contributed by atoms with van der Waals surface area (Å²) in [6.45, 7) is 3.70. The first kappa shape index (κ1) is 23.4. The van der Waals surface area contributed by atoms with E-state index in [1.54, 1.807) is 30.3 Å². The van der Waals surface area contributed by atoms with Crippen molar-refractivity contribution >= 4 is 47.2 Å². The molecule has 0 aliphatic heterocycles. The number of amides is 1. The van der Waals surface area contributed by atoms with E-state index >= 15 is 0 Å². The second-order valence-electron chi connectivity index (χ2n) is 6.42. The van der Waals surface area contributed by atoms with Gasteiger partial charge in [0.1, 0.15) is 0 Å². The number of benzene rings is 1. The van der Waals surface area contributed by atoms with Crippen molar-refractivity contribution in [2.45, 2.75) is 19.4 Å². The molecule has 0 radical (unpaired) electrons. The number of nitrogens with one attached hydrogen (secondary N) is 1. The van der Waals surface area contributed by atoms with Gasteiger partial charge in [0.2, 0.25) is 5.91 Å². The summed E-state index contributed by atoms with van der Waals surface area (Å²) >= 11 is 1.66. The lowest BCUT2D eigenvalue weighted by Crippen LogP contribution is -2.44. The van der Waals surface area contributed by atoms with E-state index in [0.717, 1.165) is 17.1 Å². The summed E-state index contributed by atoms with van der Waals surface area (Å²) in [5.41, 5.74) is 1.13. The highest BCUT2D eigenvalue weighted by Gasteiger charge is 2.15. The number of aromatic nitrogens is 1. The smallest absolute Gasteiger partial charge is 0.241 e. The predicted octanol–water partition coefficient (Wildman–Crippen LogP) is 3.03. The molecule has 27 heavy (non-hydrogen) atoms. The van der Waals surface area contributed by atoms with Crippen LogP contribution in [0.25, 0.3) is 0 Å². The Morgan fingerprint density at radius 2 is 1.96 bits per heavy atom. The molecular weight excluding hydrogens is 473 g/mol. The van der Waals surface area contributed by atoms with Crippen LogP contribution in [0.2, 0.25) is 0 Å². The molecule has 1 atom stereocenters. The maximum absolute atomic E-state index is 11.9. The van der Waals surface area contributed by atoms with Crippen LogP contribution in [0.5, 0.6) is 0 Å². The number of rotatable bonds is 7. The van der Waals surface area contributed by atoms with Crippen molar-refractivity contribution in [2.24, 2.45) is 4.99 Å². The third-order valence-electron chi connectivity index (χ3n) is 3.93. The lowest BCUT2D eigenvalue weighted by Gasteiger charge is -2.25. The SMILES string of the molecule is CC(CN(C)C(=NCc1ccccc1)NCC(=O)N(C)C)c1nccs1.I. The molecule has 0 aliphatic rings. The topological polar surface area (TPSA) is 60.8 Å². The number of guanidine groups is 1. The molecule has 1 heterocycles. The molecule has 2 aromatic rings. The van der Waals surface area contributed by atoms with Gasteiger partial charge in [0.25, 0.3) is 0 Å². The summed E-state index contributed by atoms with van der Waals surface area (Å²) in [4.78, 5) is 24.7. The van der Waals surface area contributed by atoms with Gasteiger partial charge in [-0.1, -0.05) is 37.3 Å². The van der Waals surface area contributed by atoms with Crippen LogP contribution in [0.3, 0.4) is 0 Å². The van der Waals surface area contributed by atoms with Gasteiger partial charge in [0.05, 0.1) is 18.1 Å². The Labute approximate surface area is 182 Å². The number of carbonyl (C=O) groups excluding carboxylic acids is 1. The molecule has 1 amide bonds. The van der Waals surface area contributed by atoms with Gasteiger partial charge < -0.3 is 15.1 Å². The molecule has 1 aromatic carbocycles. The molecule has 0 saturated carbocycles. The van der Waals surface area contributed by atoms with Gasteiger partial charge in [-0.2, -0.15) is 0 Å². The van der Waals surface area contributed by atoms with E-state index in [4.69, 9.17) is 4.99 Å². The van der Waals surface area contributed by atoms with Gasteiger partial charge >= 0.3 is 0 Å². The van der Waals surface area contributed by atoms with Crippen LogP contribution >= 0.6 is 35.3 Å². The quantitative estimate of drug-likeness (QED) is 0.360. The normalized spacial score (nSPS) is 12.1. The van der Waals surface area contributed by atoms with E-state index in [9.17, 15) is 4.79 Å². The fraction of sp³-hybridized carbons (Fsp3) is 0.421. The summed E-state index contributed by atoms with van der Waals surface area (Å²) < 4.78 is 0. The van der Waals surface area contributed by atoms with Crippen LogP contribution in [-0.4, -0.2) is 60.9 Å². The van der Waals surface area contributed by atoms with E-state index in [-0.39, 0.29) is 42.3 Å². The van der Waals surface area contributed by atoms with Crippen molar-refractivity contribution in [2.75, 3.05) is 34.2 Å². The van der Waals surface area contributed by atoms with Crippen LogP contribution in [-0.2, 0) is 11.3 Å². The molecule has 2 rings (SSSR count). The highest BCUT2D eigenvalue weighted by atomic mass is 127. The van der Waals surface area contributed by atoms with E-state index in [0.29, 0.717) is 12.5 Å². The first-order valence-corrected chi connectivity index (χ1v) is 9.48. The van der Waals surface area contributed by atoms with Gasteiger partial charge in [-0.3, -0.25) is 4.79 Å². The Morgan fingerprint density at radius 3 is 2.56 bits per heavy atom. The monoisotopic (exact) mass is 501 g/mol. The molecule has 0 saturated heterocycles. The third kappa shape index (κ3) is 7.84. The van der Waals surface area contributed by atoms with Crippen molar-refractivity contribution in [3.05, 3.63) is 52.5 Å². The van der Waals surface area contributed by atoms with Gasteiger partial charge in [-0.15, -0.1) is 35.3 Å². The Morgan fingerprint density at radius 1 is 1.26 bits per heavy atom. The Balaban J connectivity index is 0.00000364. The van der Waals surface area contributed by atoms with Crippen molar-refractivity contribution in [3.8, 4) is 0 Å². The number of likely N-dealkylation sites (N-methyl/N-ethyl adjacent to an activating group) is 2. The van der Waals surface area contributed by atoms with Crippen LogP contribution in [0.15, 0.2) is 46.9 Å². The third-order valence-corrected chi connectivity index (χ3v) is 4.94. The first-order chi connectivity index (χ1) is 12.5. The summed E-state index contributed by atoms with van der Waals surface area (Å²) in [5, 5.41) is 6.28. The van der Waals surface area contributed by atoms with Gasteiger partial charge in [-0.05, 0) is 5.56 Å². The second kappa shape index (κ2) is 11.9. The highest BCUT2D eigenvalue weighted by Crippen LogP contribution is 2.18. The largest absolute Gasteiger partial charge is 0.347 e. The summed E-state index contributed by atoms with van der Waals surface area (Å²) in [5.74, 6) is 1.01. The molecular formula is C19H28IN5OS. The number of aliphatic imine (C=N–C) groups is 1. The first-order valence-electron chi connectivity index (χ1n) is 8.60. The maximum Gasteiger partial charge on any atom is 0.241 e. The second-order valence-corrected chi connectivity index (χ2v) is 7.35. The average Bonchev–Trinajstić information content (AvgIpc) is 3.17. The molecule has 0 aliphatic carbocycles. The Hall–Kier alpha value is -1.68. The molecule has 1 aromatic heterocycles. The minimum Gasteiger partial charge on any atom is -0.347 e. The molecule has 148 valence electrons. The summed E-state index contributed by atoms with van der Waals surface area (Å²) in [6, 6.07) is 10.1. The van der Waals surface area contributed by atoms with E-state index in [1.807, 2.05) is 49.0 Å². The van der Waals surface area contributed by atoms with Gasteiger partial charge in [-0.25, -0.2) is 9.98 Å². The predicted molar refractivity (Wildman–Crippen MR) is 123 cm³/mol. The van der Waals surface area contributed by atoms with E-state index in [1.165, 1.54) is 0 Å². The van der Waals surface area contributed by atoms with E-state index < -0.39 is 0 Å². The molecule has 1 unspecified atom stereocenters. The summed E-state index contributed by atoms with van der Waals surface area (Å²) in [6.07, 6.45) is 1.83. The van der Waals surface area contributed by atoms with Gasteiger partial charge in [0.15, 0.2) is 5.96 Å². The van der Waals surface area contributed by atoms with Crippen molar-refractivity contribution in [1.82, 2.24) is 20.1 Å². The van der Waals surface area contributed by atoms with Crippen molar-refractivity contribution < 1.29 is 4.79 Å². The zero-order valence-corrected chi connectivity index (χ0v) is 19.4. The molecule has 0 spiro atoms. The summed E-state index contributed by atoms with van der Waals surface area (Å²) in [7, 11) is 5.49. The Bertz CT molecular complexity index is 706. The van der Waals surface area contributed by atoms with Crippen LogP contribution in [0.1, 0.15) is 23.4 Å². The minimum atomic E-state index is 0. The Kier molecular flexibility index (Phi) is 10.3. The van der Waals surface area contributed by atoms with Crippen LogP contribution in [0, 0.1) is 0 Å². The number of thiazole rings is 1. The zero-order chi connectivity index (χ0) is 18.9. The minimum absolute atomic E-state index is 0. The van der Waals surface area contributed by atoms with Crippen molar-refractivity contribution in [3.63, 3.8) is 0 Å². The number of hydrogen-bond donors (Lipinski definition) is 1. The number of halogens is 1. The molecule has 1 N–H and O–H groups in total. The number of nitrogens with zero attached hydrogens (tertiary/aromatic N) is 4. The molecule has 0 fully saturated rings. The standard InChI is InChI=1S/C19H27N5OS.HI/c1-15(18-20-10-11-26-18)14-24(4)19(22-13-17(25)23(2)3)21-12-16-8-6-5-7-9-16;/h5-11,15H,12-14H2,1-4H3,(H,21,22);1H. The highest BCUT2D eigenvalue weighted by molar-refractivity contribution is 14.0. The van der Waals surface area contributed by atoms with Crippen molar-refractivity contribution in [1.29, 1.82) is 0 Å². The van der Waals surface area contributed by atoms with E-state index in [2.05, 4.69) is 22.1 Å². The fourth-order valence-corrected chi connectivity index (χ4v) is 3.12. The van der Waals surface area contributed by atoms with Gasteiger partial charge in [0, 0.05) is 45.2 Å². The van der Waals surface area contributed by atoms with Crippen LogP contribution < -0.4 is 5.32 Å². The number of carbonyl (C=O) groups is 1. The molecule has 8 heteroatoms. The van der Waals surface area contributed by atoms with Crippen LogP contribution in [0.4, 0.5) is 0 Å². The fourth-order valence-electron chi connectivity index (χ4n) is 2.43. The molecule has 6 nitrogen and oxygen atoms in total. The lowest BCUT2D eigenvalue weighted by molar-refractivity contribution is -0.127. The molecule has 0 bridgehead atoms. The maximum atomic E-state index is 11.9. The lowest BCUT2D eigenvalue weighted by atomic mass is 10.2. The number of hydrogen-bond acceptors (Lipinski definition) is 4. The zero-order valence-electron chi connectivity index (χ0n) is 16.3.